The Labute approximate surface area is 305 Å². The molecule has 0 heterocycles. The molecular weight excluding hydrogens is 611 g/mol. The average Bonchev–Trinajstić information content (AvgIpc) is 2.66. The highest BCUT2D eigenvalue weighted by Crippen LogP contribution is 2.30. The van der Waals surface area contributed by atoms with Crippen LogP contribution in [0.25, 0.3) is 0 Å². The number of hydrogen-bond acceptors (Lipinski definition) is 0. The van der Waals surface area contributed by atoms with Gasteiger partial charge in [-0.15, -0.1) is 0 Å². The van der Waals surface area contributed by atoms with E-state index in [1.54, 1.807) is 20.8 Å². The van der Waals surface area contributed by atoms with E-state index in [0.29, 0.717) is 22.7 Å². The van der Waals surface area contributed by atoms with Crippen LogP contribution in [0, 0.1) is 33.0 Å². The Balaban J connectivity index is -0.0000000559. The average molecular weight is 711 g/mol. The molecule has 0 radical (unpaired) electrons. The molecule has 5 heteroatoms. The van der Waals surface area contributed by atoms with Crippen LogP contribution >= 0.6 is 0 Å². The summed E-state index contributed by atoms with van der Waals surface area (Å²) in [5.74, 6) is -1.64. The molecule has 0 spiro atoms. The van der Waals surface area contributed by atoms with Gasteiger partial charge in [0.25, 0.3) is 0 Å². The van der Waals surface area contributed by atoms with E-state index in [4.69, 9.17) is 0 Å². The second-order valence-corrected chi connectivity index (χ2v) is 19.3. The molecule has 0 unspecified atom stereocenters. The normalized spacial score (nSPS) is 11.9. The Morgan fingerprint density at radius 3 is 0.792 bits per heavy atom. The monoisotopic (exact) mass is 711 g/mol. The maximum absolute atomic E-state index is 12.3. The van der Waals surface area contributed by atoms with Gasteiger partial charge in [-0.3, -0.25) is 0 Å². The van der Waals surface area contributed by atoms with Crippen LogP contribution in [-0.4, -0.2) is 12.1 Å². The summed E-state index contributed by atoms with van der Waals surface area (Å²) in [6, 6.07) is 0. The minimum Gasteiger partial charge on any atom is -0.207 e. The first kappa shape index (κ1) is 69.4. The third-order valence-corrected chi connectivity index (χ3v) is 6.00. The lowest BCUT2D eigenvalue weighted by Crippen LogP contribution is -2.13. The maximum Gasteiger partial charge on any atom is 0.389 e. The van der Waals surface area contributed by atoms with E-state index >= 15 is 0 Å². The summed E-state index contributed by atoms with van der Waals surface area (Å²) in [7, 11) is 0. The maximum atomic E-state index is 12.3. The highest BCUT2D eigenvalue weighted by Gasteiger charge is 2.29. The molecule has 0 nitrogen and oxygen atoms in total. The van der Waals surface area contributed by atoms with Crippen LogP contribution in [0.4, 0.5) is 22.0 Å². The van der Waals surface area contributed by atoms with Crippen molar-refractivity contribution in [3.05, 3.63) is 0 Å². The molecule has 306 valence electrons. The van der Waals surface area contributed by atoms with Crippen LogP contribution in [-0.2, 0) is 0 Å². The third kappa shape index (κ3) is 111. The predicted octanol–water partition coefficient (Wildman–Crippen LogP) is 18.9. The summed E-state index contributed by atoms with van der Waals surface area (Å²) in [6.07, 6.45) is 5.10. The van der Waals surface area contributed by atoms with Crippen LogP contribution < -0.4 is 0 Å². The molecule has 0 fully saturated rings. The number of halogens is 5. The van der Waals surface area contributed by atoms with E-state index in [9.17, 15) is 22.0 Å². The Morgan fingerprint density at radius 2 is 0.688 bits per heavy atom. The van der Waals surface area contributed by atoms with E-state index in [1.165, 1.54) is 38.5 Å². The molecule has 0 aliphatic rings. The molecule has 0 aromatic rings. The largest absolute Gasteiger partial charge is 0.389 e. The topological polar surface area (TPSA) is 0 Å². The van der Waals surface area contributed by atoms with Gasteiger partial charge in [0.05, 0.1) is 0 Å². The van der Waals surface area contributed by atoms with Crippen molar-refractivity contribution in [1.82, 2.24) is 0 Å². The fraction of sp³-hybridized carbons (Fsp3) is 1.00. The quantitative estimate of drug-likeness (QED) is 0.220. The van der Waals surface area contributed by atoms with Gasteiger partial charge in [0.2, 0.25) is 5.92 Å². The highest BCUT2D eigenvalue weighted by molar-refractivity contribution is 4.66. The summed E-state index contributed by atoms with van der Waals surface area (Å²) >= 11 is 0. The van der Waals surface area contributed by atoms with Gasteiger partial charge in [-0.05, 0) is 78.4 Å². The lowest BCUT2D eigenvalue weighted by molar-refractivity contribution is -0.139. The molecule has 0 rings (SSSR count). The Kier molecular flexibility index (Phi) is 45.4. The van der Waals surface area contributed by atoms with Crippen LogP contribution in [0.15, 0.2) is 0 Å². The van der Waals surface area contributed by atoms with Crippen molar-refractivity contribution in [1.29, 1.82) is 0 Å². The summed E-state index contributed by atoms with van der Waals surface area (Å²) in [5, 5.41) is 0. The molecule has 0 aromatic carbocycles. The molecule has 0 bridgehead atoms. The molecule has 0 aliphatic heterocycles. The first-order valence-electron chi connectivity index (χ1n) is 17.4. The van der Waals surface area contributed by atoms with E-state index in [1.807, 2.05) is 0 Å². The van der Waals surface area contributed by atoms with Crippen LogP contribution in [0.1, 0.15) is 239 Å². The summed E-state index contributed by atoms with van der Waals surface area (Å²) in [5.41, 5.74) is 1.60. The lowest BCUT2D eigenvalue weighted by Gasteiger charge is -2.19. The minimum absolute atomic E-state index is 0. The fourth-order valence-corrected chi connectivity index (χ4v) is 4.13. The van der Waals surface area contributed by atoms with Crippen LogP contribution in [0.2, 0.25) is 0 Å². The minimum atomic E-state index is -3.99. The van der Waals surface area contributed by atoms with Gasteiger partial charge in [-0.1, -0.05) is 181 Å². The first-order chi connectivity index (χ1) is 19.0. The van der Waals surface area contributed by atoms with Gasteiger partial charge in [0.15, 0.2) is 0 Å². The second kappa shape index (κ2) is 31.4. The third-order valence-electron chi connectivity index (χ3n) is 6.00. The molecule has 0 atom stereocenters. The second-order valence-electron chi connectivity index (χ2n) is 19.3. The molecule has 0 amide bonds. The van der Waals surface area contributed by atoms with Gasteiger partial charge < -0.3 is 0 Å². The lowest BCUT2D eigenvalue weighted by atomic mass is 9.86. The van der Waals surface area contributed by atoms with E-state index in [0.717, 1.165) is 19.3 Å². The van der Waals surface area contributed by atoms with Crippen LogP contribution in [0.3, 0.4) is 0 Å². The zero-order valence-corrected chi connectivity index (χ0v) is 33.7. The van der Waals surface area contributed by atoms with Crippen molar-refractivity contribution < 1.29 is 22.0 Å². The molecule has 0 N–H and O–H groups in total. The van der Waals surface area contributed by atoms with Gasteiger partial charge in [-0.2, -0.15) is 13.2 Å². The molecule has 48 heavy (non-hydrogen) atoms. The summed E-state index contributed by atoms with van der Waals surface area (Å²) in [4.78, 5) is 0. The smallest absolute Gasteiger partial charge is 0.207 e. The fourth-order valence-electron chi connectivity index (χ4n) is 4.13. The molecule has 0 aliphatic carbocycles. The molecule has 0 aromatic heterocycles. The highest BCUT2D eigenvalue weighted by atomic mass is 19.4. The first-order valence-corrected chi connectivity index (χ1v) is 17.4. The standard InChI is InChI=1S/C9H18F2.2C8H18.C7H13F3.C7H16.4CH4/c1-8(2,3)6-5-7-9(4,10)11;1-7(2)6-8(3,4)5;1-5-6-7-8(2,3)4;1-6(2,3)4-5-7(8,9)10;1-5-6-7(2,3)4;;;;/h5-7H2,1-4H3;7H,6H2,1-5H3;5-7H2,1-4H3;4-5H2,1-3H3;5-6H2,1-4H3;4*1H4. The summed E-state index contributed by atoms with van der Waals surface area (Å²) < 4.78 is 59.4. The zero-order chi connectivity index (χ0) is 36.9. The Hall–Kier alpha value is -0.350. The van der Waals surface area contributed by atoms with Crippen molar-refractivity contribution in [3.8, 4) is 0 Å². The van der Waals surface area contributed by atoms with E-state index < -0.39 is 18.5 Å². The van der Waals surface area contributed by atoms with E-state index in [2.05, 4.69) is 111 Å². The van der Waals surface area contributed by atoms with E-state index in [-0.39, 0.29) is 53.4 Å². The van der Waals surface area contributed by atoms with Crippen molar-refractivity contribution in [2.24, 2.45) is 33.0 Å². The summed E-state index contributed by atoms with van der Waals surface area (Å²) in [6.45, 7) is 42.2. The molecule has 0 saturated heterocycles. The van der Waals surface area contributed by atoms with Crippen molar-refractivity contribution >= 4 is 0 Å². The molecule has 0 saturated carbocycles. The Bertz CT molecular complexity index is 577. The van der Waals surface area contributed by atoms with Gasteiger partial charge in [-0.25, -0.2) is 8.78 Å². The number of alkyl halides is 5. The number of hydrogen-bond donors (Lipinski definition) is 0. The number of rotatable bonds is 8. The Morgan fingerprint density at radius 1 is 0.375 bits per heavy atom. The van der Waals surface area contributed by atoms with Crippen LogP contribution in [0.5, 0.6) is 0 Å². The van der Waals surface area contributed by atoms with Gasteiger partial charge in [0, 0.05) is 12.8 Å². The zero-order valence-electron chi connectivity index (χ0n) is 33.7. The van der Waals surface area contributed by atoms with Crippen molar-refractivity contribution in [2.45, 2.75) is 251 Å². The number of unbranched alkanes of at least 4 members (excludes halogenated alkanes) is 1. The van der Waals surface area contributed by atoms with Crippen molar-refractivity contribution in [3.63, 3.8) is 0 Å². The predicted molar refractivity (Wildman–Crippen MR) is 218 cm³/mol. The molecular formula is C43H99F5. The van der Waals surface area contributed by atoms with Crippen molar-refractivity contribution in [2.75, 3.05) is 0 Å². The van der Waals surface area contributed by atoms with Gasteiger partial charge >= 0.3 is 6.18 Å². The SMILES string of the molecule is C.C.C.C.CC(C)(C)CCC(F)(F)F.CC(C)(C)CCCC(C)(F)F.CC(C)CC(C)(C)C.CCCC(C)(C)C.CCCCC(C)(C)C. The van der Waals surface area contributed by atoms with Gasteiger partial charge in [0.1, 0.15) is 0 Å².